The highest BCUT2D eigenvalue weighted by molar-refractivity contribution is 5.86. The van der Waals surface area contributed by atoms with Gasteiger partial charge in [-0.25, -0.2) is 9.48 Å². The number of carboxylic acid groups (broad SMARTS) is 1. The third kappa shape index (κ3) is 2.92. The summed E-state index contributed by atoms with van der Waals surface area (Å²) < 4.78 is 36.7. The third-order valence-corrected chi connectivity index (χ3v) is 1.84. The first-order valence-corrected chi connectivity index (χ1v) is 4.27. The summed E-state index contributed by atoms with van der Waals surface area (Å²) in [5, 5.41) is 15.2. The molecule has 0 saturated carbocycles. The maximum atomic E-state index is 11.9. The number of nitrogens with zero attached hydrogens (tertiary/aromatic N) is 3. The molecule has 0 atom stereocenters. The van der Waals surface area contributed by atoms with Crippen LogP contribution in [0.4, 0.5) is 13.2 Å². The van der Waals surface area contributed by atoms with Gasteiger partial charge in [-0.2, -0.15) is 13.2 Å². The zero-order valence-electron chi connectivity index (χ0n) is 8.03. The Hall–Kier alpha value is -1.64. The molecule has 16 heavy (non-hydrogen) atoms. The molecule has 1 rings (SSSR count). The first-order valence-electron chi connectivity index (χ1n) is 4.27. The molecule has 0 aliphatic carbocycles. The molecule has 0 bridgehead atoms. The molecule has 0 unspecified atom stereocenters. The average Bonchev–Trinajstić information content (AvgIpc) is 2.56. The smallest absolute Gasteiger partial charge is 0.390 e. The highest BCUT2D eigenvalue weighted by Crippen LogP contribution is 2.20. The van der Waals surface area contributed by atoms with Crippen molar-refractivity contribution in [3.63, 3.8) is 0 Å². The van der Waals surface area contributed by atoms with Crippen molar-refractivity contribution in [2.24, 2.45) is 5.73 Å². The molecule has 3 N–H and O–H groups in total. The Morgan fingerprint density at radius 1 is 1.50 bits per heavy atom. The van der Waals surface area contributed by atoms with Gasteiger partial charge in [-0.3, -0.25) is 0 Å². The minimum absolute atomic E-state index is 0.0169. The molecule has 0 amide bonds. The van der Waals surface area contributed by atoms with Gasteiger partial charge in [-0.05, 0) is 0 Å². The molecule has 1 heterocycles. The first kappa shape index (κ1) is 12.4. The highest BCUT2D eigenvalue weighted by atomic mass is 19.4. The Bertz CT molecular complexity index is 387. The summed E-state index contributed by atoms with van der Waals surface area (Å²) in [6.45, 7) is -0.719. The van der Waals surface area contributed by atoms with E-state index in [-0.39, 0.29) is 12.2 Å². The predicted molar refractivity (Wildman–Crippen MR) is 45.5 cm³/mol. The molecule has 0 saturated heterocycles. The number of carboxylic acids is 1. The van der Waals surface area contributed by atoms with E-state index in [1.165, 1.54) is 0 Å². The van der Waals surface area contributed by atoms with E-state index in [2.05, 4.69) is 10.3 Å². The van der Waals surface area contributed by atoms with Crippen molar-refractivity contribution in [2.75, 3.05) is 0 Å². The van der Waals surface area contributed by atoms with E-state index >= 15 is 0 Å². The fourth-order valence-corrected chi connectivity index (χ4v) is 1.11. The van der Waals surface area contributed by atoms with Crippen molar-refractivity contribution in [1.29, 1.82) is 0 Å². The standard InChI is InChI=1S/C7H9F3N4O2/c8-7(9,10)1-2-14-4(3-11)5(6(15)16)12-13-14/h1-3,11H2,(H,15,16). The number of halogens is 3. The molecule has 6 nitrogen and oxygen atoms in total. The molecule has 90 valence electrons. The van der Waals surface area contributed by atoms with Crippen molar-refractivity contribution in [2.45, 2.75) is 25.7 Å². The fourth-order valence-electron chi connectivity index (χ4n) is 1.11. The maximum absolute atomic E-state index is 11.9. The van der Waals surface area contributed by atoms with E-state index in [4.69, 9.17) is 10.8 Å². The molecule has 1 aromatic rings. The van der Waals surface area contributed by atoms with Gasteiger partial charge in [0.25, 0.3) is 0 Å². The van der Waals surface area contributed by atoms with E-state index in [1.807, 2.05) is 0 Å². The van der Waals surface area contributed by atoms with E-state index in [9.17, 15) is 18.0 Å². The van der Waals surface area contributed by atoms with Gasteiger partial charge in [0.15, 0.2) is 5.69 Å². The fraction of sp³-hybridized carbons (Fsp3) is 0.571. The van der Waals surface area contributed by atoms with E-state index in [0.717, 1.165) is 4.68 Å². The lowest BCUT2D eigenvalue weighted by atomic mass is 10.3. The van der Waals surface area contributed by atoms with Gasteiger partial charge in [0.2, 0.25) is 0 Å². The Kier molecular flexibility index (Phi) is 3.48. The molecule has 0 spiro atoms. The quantitative estimate of drug-likeness (QED) is 0.791. The Morgan fingerprint density at radius 2 is 2.12 bits per heavy atom. The molecule has 9 heteroatoms. The summed E-state index contributed by atoms with van der Waals surface area (Å²) in [5.74, 6) is -1.36. The molecule has 0 aromatic carbocycles. The molecule has 0 aliphatic heterocycles. The summed E-state index contributed by atoms with van der Waals surface area (Å²) in [6, 6.07) is 0. The van der Waals surface area contributed by atoms with Crippen LogP contribution in [-0.4, -0.2) is 32.2 Å². The van der Waals surface area contributed by atoms with Gasteiger partial charge in [-0.1, -0.05) is 5.21 Å². The van der Waals surface area contributed by atoms with Crippen LogP contribution in [0.15, 0.2) is 0 Å². The zero-order valence-corrected chi connectivity index (χ0v) is 8.03. The Morgan fingerprint density at radius 3 is 2.56 bits per heavy atom. The first-order chi connectivity index (χ1) is 7.35. The normalized spacial score (nSPS) is 11.8. The third-order valence-electron chi connectivity index (χ3n) is 1.84. The number of aromatic nitrogens is 3. The van der Waals surface area contributed by atoms with E-state index in [1.54, 1.807) is 0 Å². The number of nitrogens with two attached hydrogens (primary N) is 1. The highest BCUT2D eigenvalue weighted by Gasteiger charge is 2.28. The number of rotatable bonds is 4. The number of aryl methyl sites for hydroxylation is 1. The van der Waals surface area contributed by atoms with E-state index < -0.39 is 30.8 Å². The molecular weight excluding hydrogens is 229 g/mol. The molecular formula is C7H9F3N4O2. The largest absolute Gasteiger partial charge is 0.476 e. The van der Waals surface area contributed by atoms with Crippen LogP contribution in [-0.2, 0) is 13.1 Å². The van der Waals surface area contributed by atoms with Crippen LogP contribution in [0.2, 0.25) is 0 Å². The number of alkyl halides is 3. The van der Waals surface area contributed by atoms with Crippen LogP contribution in [0.1, 0.15) is 22.6 Å². The lowest BCUT2D eigenvalue weighted by molar-refractivity contribution is -0.137. The topological polar surface area (TPSA) is 94.0 Å². The monoisotopic (exact) mass is 238 g/mol. The number of aromatic carboxylic acids is 1. The van der Waals surface area contributed by atoms with Crippen LogP contribution in [0.25, 0.3) is 0 Å². The number of hydrogen-bond donors (Lipinski definition) is 2. The van der Waals surface area contributed by atoms with Gasteiger partial charge >= 0.3 is 12.1 Å². The van der Waals surface area contributed by atoms with Crippen LogP contribution in [0.3, 0.4) is 0 Å². The second kappa shape index (κ2) is 4.47. The minimum atomic E-state index is -4.33. The lowest BCUT2D eigenvalue weighted by Gasteiger charge is -2.07. The summed E-state index contributed by atoms with van der Waals surface area (Å²) in [5.41, 5.74) is 4.80. The van der Waals surface area contributed by atoms with Gasteiger partial charge in [-0.15, -0.1) is 5.10 Å². The van der Waals surface area contributed by atoms with Crippen LogP contribution < -0.4 is 5.73 Å². The zero-order chi connectivity index (χ0) is 12.3. The molecule has 0 fully saturated rings. The van der Waals surface area contributed by atoms with Crippen molar-refractivity contribution < 1.29 is 23.1 Å². The van der Waals surface area contributed by atoms with Gasteiger partial charge < -0.3 is 10.8 Å². The summed E-state index contributed by atoms with van der Waals surface area (Å²) in [7, 11) is 0. The lowest BCUT2D eigenvalue weighted by Crippen LogP contribution is -2.17. The van der Waals surface area contributed by atoms with Crippen molar-refractivity contribution in [3.05, 3.63) is 11.4 Å². The van der Waals surface area contributed by atoms with Crippen molar-refractivity contribution in [3.8, 4) is 0 Å². The van der Waals surface area contributed by atoms with Crippen LogP contribution >= 0.6 is 0 Å². The van der Waals surface area contributed by atoms with Crippen LogP contribution in [0.5, 0.6) is 0 Å². The molecule has 1 aromatic heterocycles. The van der Waals surface area contributed by atoms with Gasteiger partial charge in [0.05, 0.1) is 18.7 Å². The summed E-state index contributed by atoms with van der Waals surface area (Å²) >= 11 is 0. The average molecular weight is 238 g/mol. The van der Waals surface area contributed by atoms with E-state index in [0.29, 0.717) is 0 Å². The van der Waals surface area contributed by atoms with Gasteiger partial charge in [0, 0.05) is 6.54 Å². The Balaban J connectivity index is 2.85. The predicted octanol–water partition coefficient (Wildman–Crippen LogP) is 0.387. The SMILES string of the molecule is NCc1c(C(=O)O)nnn1CCC(F)(F)F. The second-order valence-corrected chi connectivity index (χ2v) is 2.98. The number of hydrogen-bond acceptors (Lipinski definition) is 4. The Labute approximate surface area is 87.8 Å². The second-order valence-electron chi connectivity index (χ2n) is 2.98. The van der Waals surface area contributed by atoms with Gasteiger partial charge in [0.1, 0.15) is 0 Å². The minimum Gasteiger partial charge on any atom is -0.476 e. The molecule has 0 aliphatic rings. The van der Waals surface area contributed by atoms with Crippen LogP contribution in [0, 0.1) is 0 Å². The molecule has 0 radical (unpaired) electrons. The summed E-state index contributed by atoms with van der Waals surface area (Å²) in [4.78, 5) is 10.6. The summed E-state index contributed by atoms with van der Waals surface area (Å²) in [6.07, 6.45) is -5.44. The van der Waals surface area contributed by atoms with Crippen molar-refractivity contribution >= 4 is 5.97 Å². The maximum Gasteiger partial charge on any atom is 0.390 e. The number of carbonyl (C=O) groups is 1. The van der Waals surface area contributed by atoms with Crippen molar-refractivity contribution in [1.82, 2.24) is 15.0 Å².